The average Bonchev–Trinajstić information content (AvgIpc) is 2.68. The van der Waals surface area contributed by atoms with Crippen molar-refractivity contribution in [1.82, 2.24) is 0 Å². The van der Waals surface area contributed by atoms with Crippen molar-refractivity contribution < 1.29 is 23.5 Å². The zero-order chi connectivity index (χ0) is 20.5. The fourth-order valence-electron chi connectivity index (χ4n) is 2.70. The largest absolute Gasteiger partial charge is 0.461 e. The second-order valence-corrected chi connectivity index (χ2v) is 6.82. The van der Waals surface area contributed by atoms with Gasteiger partial charge < -0.3 is 9.47 Å². The summed E-state index contributed by atoms with van der Waals surface area (Å²) < 4.78 is 23.4. The number of carbonyl (C=O) groups is 2. The second kappa shape index (κ2) is 15.8. The van der Waals surface area contributed by atoms with Crippen molar-refractivity contribution in [1.29, 1.82) is 0 Å². The first-order chi connectivity index (χ1) is 13.6. The second-order valence-electron chi connectivity index (χ2n) is 6.82. The molecule has 0 amide bonds. The van der Waals surface area contributed by atoms with Crippen LogP contribution in [0.4, 0.5) is 4.39 Å². The van der Waals surface area contributed by atoms with Crippen LogP contribution >= 0.6 is 0 Å². The molecule has 0 saturated carbocycles. The van der Waals surface area contributed by atoms with E-state index < -0.39 is 11.8 Å². The van der Waals surface area contributed by atoms with Crippen molar-refractivity contribution >= 4 is 11.9 Å². The van der Waals surface area contributed by atoms with Crippen molar-refractivity contribution in [2.45, 2.75) is 77.6 Å². The van der Waals surface area contributed by atoms with Crippen molar-refractivity contribution in [2.75, 3.05) is 6.61 Å². The van der Waals surface area contributed by atoms with Crippen LogP contribution in [-0.2, 0) is 14.3 Å². The van der Waals surface area contributed by atoms with E-state index >= 15 is 0 Å². The summed E-state index contributed by atoms with van der Waals surface area (Å²) in [4.78, 5) is 23.3. The summed E-state index contributed by atoms with van der Waals surface area (Å²) in [7, 11) is 0. The molecule has 0 atom stereocenters. The summed E-state index contributed by atoms with van der Waals surface area (Å²) >= 11 is 0. The molecule has 5 heteroatoms. The molecule has 0 aromatic heterocycles. The Morgan fingerprint density at radius 3 is 2.32 bits per heavy atom. The Bertz CT molecular complexity index is 598. The fraction of sp³-hybridized carbons (Fsp3) is 0.565. The van der Waals surface area contributed by atoms with Crippen LogP contribution in [0.25, 0.3) is 0 Å². The van der Waals surface area contributed by atoms with E-state index in [1.807, 2.05) is 12.2 Å². The molecular weight excluding hydrogens is 359 g/mol. The predicted molar refractivity (Wildman–Crippen MR) is 109 cm³/mol. The summed E-state index contributed by atoms with van der Waals surface area (Å²) in [5.41, 5.74) is 0. The zero-order valence-corrected chi connectivity index (χ0v) is 17.0. The molecule has 0 saturated heterocycles. The van der Waals surface area contributed by atoms with Crippen molar-refractivity contribution in [3.8, 4) is 5.75 Å². The molecule has 1 rings (SSSR count). The van der Waals surface area contributed by atoms with Crippen LogP contribution < -0.4 is 4.74 Å². The molecule has 0 aliphatic rings. The Morgan fingerprint density at radius 2 is 1.57 bits per heavy atom. The van der Waals surface area contributed by atoms with Gasteiger partial charge in [-0.05, 0) is 31.4 Å². The summed E-state index contributed by atoms with van der Waals surface area (Å²) in [5, 5.41) is 0. The van der Waals surface area contributed by atoms with Gasteiger partial charge in [0.05, 0.1) is 0 Å². The topological polar surface area (TPSA) is 52.6 Å². The van der Waals surface area contributed by atoms with Gasteiger partial charge in [-0.25, -0.2) is 4.39 Å². The molecule has 0 unspecified atom stereocenters. The first kappa shape index (κ1) is 23.9. The van der Waals surface area contributed by atoms with E-state index in [1.54, 1.807) is 6.07 Å². The van der Waals surface area contributed by atoms with E-state index in [-0.39, 0.29) is 31.2 Å². The quantitative estimate of drug-likeness (QED) is 0.156. The van der Waals surface area contributed by atoms with E-state index in [1.165, 1.54) is 63.1 Å². The molecule has 0 radical (unpaired) electrons. The van der Waals surface area contributed by atoms with Gasteiger partial charge in [-0.3, -0.25) is 9.59 Å². The van der Waals surface area contributed by atoms with Crippen LogP contribution in [0.2, 0.25) is 0 Å². The van der Waals surface area contributed by atoms with Gasteiger partial charge in [0, 0.05) is 12.8 Å². The molecule has 156 valence electrons. The number of hydrogen-bond acceptors (Lipinski definition) is 4. The number of hydrogen-bond donors (Lipinski definition) is 0. The van der Waals surface area contributed by atoms with E-state index in [0.717, 1.165) is 6.42 Å². The first-order valence-corrected chi connectivity index (χ1v) is 10.4. The van der Waals surface area contributed by atoms with Crippen LogP contribution in [0.1, 0.15) is 77.6 Å². The molecule has 0 fully saturated rings. The van der Waals surface area contributed by atoms with E-state index in [0.29, 0.717) is 6.42 Å². The van der Waals surface area contributed by atoms with Gasteiger partial charge in [0.1, 0.15) is 6.61 Å². The van der Waals surface area contributed by atoms with Crippen LogP contribution in [-0.4, -0.2) is 18.5 Å². The number of halogens is 1. The van der Waals surface area contributed by atoms with Crippen LogP contribution in [0, 0.1) is 5.82 Å². The van der Waals surface area contributed by atoms with Gasteiger partial charge in [-0.1, -0.05) is 69.7 Å². The maximum Gasteiger partial charge on any atom is 0.311 e. The van der Waals surface area contributed by atoms with Gasteiger partial charge in [0.25, 0.3) is 0 Å². The molecule has 1 aromatic carbocycles. The third kappa shape index (κ3) is 12.3. The highest BCUT2D eigenvalue weighted by Crippen LogP contribution is 2.16. The minimum atomic E-state index is -0.585. The predicted octanol–water partition coefficient (Wildman–Crippen LogP) is 6.14. The SMILES string of the molecule is CCCCCCCCC/C=C/COC(=O)CCCC(=O)Oc1ccccc1F. The van der Waals surface area contributed by atoms with Crippen molar-refractivity contribution in [3.63, 3.8) is 0 Å². The molecule has 0 aliphatic carbocycles. The minimum Gasteiger partial charge on any atom is -0.461 e. The molecule has 4 nitrogen and oxygen atoms in total. The molecular formula is C23H33FO4. The number of unbranched alkanes of at least 4 members (excludes halogenated alkanes) is 7. The molecule has 0 N–H and O–H groups in total. The third-order valence-corrected chi connectivity index (χ3v) is 4.30. The average molecular weight is 393 g/mol. The maximum absolute atomic E-state index is 13.4. The number of rotatable bonds is 15. The lowest BCUT2D eigenvalue weighted by molar-refractivity contribution is -0.142. The monoisotopic (exact) mass is 392 g/mol. The zero-order valence-electron chi connectivity index (χ0n) is 17.0. The number of benzene rings is 1. The molecule has 0 heterocycles. The molecule has 0 aliphatic heterocycles. The van der Waals surface area contributed by atoms with E-state index in [4.69, 9.17) is 9.47 Å². The van der Waals surface area contributed by atoms with Crippen LogP contribution in [0.15, 0.2) is 36.4 Å². The molecule has 0 spiro atoms. The molecule has 0 bridgehead atoms. The number of allylic oxidation sites excluding steroid dienone is 1. The maximum atomic E-state index is 13.4. The van der Waals surface area contributed by atoms with Crippen molar-refractivity contribution in [3.05, 3.63) is 42.2 Å². The number of carbonyl (C=O) groups excluding carboxylic acids is 2. The lowest BCUT2D eigenvalue weighted by Gasteiger charge is -2.05. The summed E-state index contributed by atoms with van der Waals surface area (Å²) in [6, 6.07) is 5.72. The summed E-state index contributed by atoms with van der Waals surface area (Å²) in [6.07, 6.45) is 14.4. The Hall–Kier alpha value is -2.17. The first-order valence-electron chi connectivity index (χ1n) is 10.4. The summed E-state index contributed by atoms with van der Waals surface area (Å²) in [6.45, 7) is 2.48. The smallest absolute Gasteiger partial charge is 0.311 e. The molecule has 1 aromatic rings. The van der Waals surface area contributed by atoms with Gasteiger partial charge in [-0.15, -0.1) is 0 Å². The van der Waals surface area contributed by atoms with E-state index in [2.05, 4.69) is 6.92 Å². The Kier molecular flexibility index (Phi) is 13.5. The Balaban J connectivity index is 1.99. The van der Waals surface area contributed by atoms with Crippen LogP contribution in [0.3, 0.4) is 0 Å². The van der Waals surface area contributed by atoms with Gasteiger partial charge in [0.15, 0.2) is 11.6 Å². The number of esters is 2. The van der Waals surface area contributed by atoms with Crippen LogP contribution in [0.5, 0.6) is 5.75 Å². The van der Waals surface area contributed by atoms with Gasteiger partial charge in [0.2, 0.25) is 0 Å². The highest BCUT2D eigenvalue weighted by atomic mass is 19.1. The Morgan fingerprint density at radius 1 is 0.893 bits per heavy atom. The van der Waals surface area contributed by atoms with Crippen molar-refractivity contribution in [2.24, 2.45) is 0 Å². The standard InChI is InChI=1S/C23H33FO4/c1-2-3-4-5-6-7-8-9-10-13-19-27-22(25)17-14-18-23(26)28-21-16-12-11-15-20(21)24/h10-13,15-16H,2-9,14,17-19H2,1H3/b13-10+. The number of para-hydroxylation sites is 1. The summed E-state index contributed by atoms with van der Waals surface area (Å²) in [5.74, 6) is -1.59. The fourth-order valence-corrected chi connectivity index (χ4v) is 2.70. The van der Waals surface area contributed by atoms with Gasteiger partial charge >= 0.3 is 11.9 Å². The third-order valence-electron chi connectivity index (χ3n) is 4.30. The minimum absolute atomic E-state index is 0.0392. The Labute approximate surface area is 168 Å². The van der Waals surface area contributed by atoms with E-state index in [9.17, 15) is 14.0 Å². The normalized spacial score (nSPS) is 10.9. The van der Waals surface area contributed by atoms with Gasteiger partial charge in [-0.2, -0.15) is 0 Å². The molecule has 28 heavy (non-hydrogen) atoms. The highest BCUT2D eigenvalue weighted by molar-refractivity contribution is 5.74. The highest BCUT2D eigenvalue weighted by Gasteiger charge is 2.10. The lowest BCUT2D eigenvalue weighted by atomic mass is 10.1. The lowest BCUT2D eigenvalue weighted by Crippen LogP contribution is -2.10. The number of ether oxygens (including phenoxy) is 2.